The number of rotatable bonds is 2. The van der Waals surface area contributed by atoms with Gasteiger partial charge in [0.2, 0.25) is 11.5 Å². The van der Waals surface area contributed by atoms with Crippen LogP contribution in [0.3, 0.4) is 0 Å². The fraction of sp³-hybridized carbons (Fsp3) is 0.417. The van der Waals surface area contributed by atoms with E-state index in [1.807, 2.05) is 19.9 Å². The van der Waals surface area contributed by atoms with Crippen molar-refractivity contribution in [1.82, 2.24) is 0 Å². The van der Waals surface area contributed by atoms with Crippen LogP contribution in [0.1, 0.15) is 19.4 Å². The molecule has 1 heterocycles. The summed E-state index contributed by atoms with van der Waals surface area (Å²) in [5.41, 5.74) is 0.823. The summed E-state index contributed by atoms with van der Waals surface area (Å²) in [6.45, 7) is 3.64. The van der Waals surface area contributed by atoms with Crippen LogP contribution in [0, 0.1) is 11.3 Å². The molecule has 1 aromatic rings. The maximum atomic E-state index is 8.73. The number of fused-ring (bicyclic) bond motifs is 1. The highest BCUT2D eigenvalue weighted by Gasteiger charge is 2.35. The molecule has 16 heavy (non-hydrogen) atoms. The normalized spacial score (nSPS) is 15.6. The van der Waals surface area contributed by atoms with Crippen LogP contribution in [0.2, 0.25) is 0 Å². The van der Waals surface area contributed by atoms with Gasteiger partial charge in [0.1, 0.15) is 0 Å². The topological polar surface area (TPSA) is 51.5 Å². The average Bonchev–Trinajstić information content (AvgIpc) is 2.54. The van der Waals surface area contributed by atoms with Gasteiger partial charge in [-0.25, -0.2) is 0 Å². The number of methoxy groups -OCH3 is 1. The fourth-order valence-electron chi connectivity index (χ4n) is 1.69. The summed E-state index contributed by atoms with van der Waals surface area (Å²) in [7, 11) is 1.58. The predicted octanol–water partition coefficient (Wildman–Crippen LogP) is 2.27. The molecule has 4 heteroatoms. The van der Waals surface area contributed by atoms with E-state index in [2.05, 4.69) is 6.07 Å². The molecular formula is C12H13NO3. The minimum absolute atomic E-state index is 0.297. The van der Waals surface area contributed by atoms with Crippen molar-refractivity contribution < 1.29 is 14.2 Å². The zero-order chi connectivity index (χ0) is 11.8. The van der Waals surface area contributed by atoms with Crippen LogP contribution in [0.15, 0.2) is 12.1 Å². The smallest absolute Gasteiger partial charge is 0.246 e. The largest absolute Gasteiger partial charge is 0.493 e. The summed E-state index contributed by atoms with van der Waals surface area (Å²) in [4.78, 5) is 0. The Bertz CT molecular complexity index is 460. The van der Waals surface area contributed by atoms with Gasteiger partial charge in [-0.3, -0.25) is 0 Å². The van der Waals surface area contributed by atoms with Gasteiger partial charge in [0.15, 0.2) is 11.5 Å². The second-order valence-electron chi connectivity index (χ2n) is 4.02. The lowest BCUT2D eigenvalue weighted by atomic mass is 10.1. The van der Waals surface area contributed by atoms with E-state index in [0.717, 1.165) is 5.56 Å². The fourth-order valence-corrected chi connectivity index (χ4v) is 1.69. The van der Waals surface area contributed by atoms with Crippen LogP contribution in [-0.4, -0.2) is 12.9 Å². The van der Waals surface area contributed by atoms with Gasteiger partial charge in [-0.05, 0) is 6.07 Å². The van der Waals surface area contributed by atoms with Crippen molar-refractivity contribution >= 4 is 0 Å². The Morgan fingerprint density at radius 2 is 2.00 bits per heavy atom. The molecule has 0 atom stereocenters. The van der Waals surface area contributed by atoms with Crippen molar-refractivity contribution in [2.24, 2.45) is 0 Å². The molecule has 0 radical (unpaired) electrons. The minimum atomic E-state index is -0.707. The van der Waals surface area contributed by atoms with E-state index in [9.17, 15) is 0 Å². The van der Waals surface area contributed by atoms with Crippen molar-refractivity contribution in [1.29, 1.82) is 5.26 Å². The lowest BCUT2D eigenvalue weighted by Gasteiger charge is -2.16. The van der Waals surface area contributed by atoms with Gasteiger partial charge < -0.3 is 14.2 Å². The summed E-state index contributed by atoms with van der Waals surface area (Å²) in [5.74, 6) is 1.12. The van der Waals surface area contributed by atoms with E-state index < -0.39 is 5.79 Å². The second kappa shape index (κ2) is 3.60. The third-order valence-electron chi connectivity index (χ3n) is 2.34. The van der Waals surface area contributed by atoms with Crippen molar-refractivity contribution in [2.75, 3.05) is 7.11 Å². The highest BCUT2D eigenvalue weighted by Crippen LogP contribution is 2.48. The van der Waals surface area contributed by atoms with E-state index in [1.165, 1.54) is 0 Å². The molecule has 0 saturated heterocycles. The minimum Gasteiger partial charge on any atom is -0.493 e. The highest BCUT2D eigenvalue weighted by atomic mass is 16.7. The van der Waals surface area contributed by atoms with Crippen LogP contribution < -0.4 is 14.2 Å². The van der Waals surface area contributed by atoms with Gasteiger partial charge >= 0.3 is 0 Å². The Labute approximate surface area is 94.3 Å². The molecule has 1 aliphatic heterocycles. The van der Waals surface area contributed by atoms with Crippen LogP contribution in [0.4, 0.5) is 0 Å². The summed E-state index contributed by atoms with van der Waals surface area (Å²) < 4.78 is 16.5. The molecule has 0 fully saturated rings. The maximum absolute atomic E-state index is 8.73. The van der Waals surface area contributed by atoms with E-state index >= 15 is 0 Å². The number of nitrogens with zero attached hydrogens (tertiary/aromatic N) is 1. The van der Waals surface area contributed by atoms with E-state index in [4.69, 9.17) is 19.5 Å². The van der Waals surface area contributed by atoms with Crippen LogP contribution in [0.5, 0.6) is 17.2 Å². The number of hydrogen-bond donors (Lipinski definition) is 0. The Balaban J connectivity index is 2.51. The molecule has 0 aromatic heterocycles. The molecule has 0 saturated carbocycles. The van der Waals surface area contributed by atoms with Gasteiger partial charge in [-0.2, -0.15) is 5.26 Å². The maximum Gasteiger partial charge on any atom is 0.246 e. The highest BCUT2D eigenvalue weighted by molar-refractivity contribution is 5.58. The van der Waals surface area contributed by atoms with Gasteiger partial charge in [-0.1, -0.05) is 6.07 Å². The molecule has 2 rings (SSSR count). The van der Waals surface area contributed by atoms with Crippen molar-refractivity contribution in [3.05, 3.63) is 17.7 Å². The van der Waals surface area contributed by atoms with Crippen molar-refractivity contribution in [3.8, 4) is 23.3 Å². The lowest BCUT2D eigenvalue weighted by Crippen LogP contribution is -2.30. The number of nitriles is 1. The Hall–Kier alpha value is -1.89. The molecule has 0 amide bonds. The SMILES string of the molecule is COc1ccc(CC#N)c2c1OC(C)(C)O2. The molecule has 1 aromatic carbocycles. The first kappa shape index (κ1) is 10.6. The molecule has 1 aliphatic rings. The molecule has 0 spiro atoms. The Morgan fingerprint density at radius 1 is 1.31 bits per heavy atom. The molecule has 84 valence electrons. The van der Waals surface area contributed by atoms with Gasteiger partial charge in [0.25, 0.3) is 0 Å². The second-order valence-corrected chi connectivity index (χ2v) is 4.02. The summed E-state index contributed by atoms with van der Waals surface area (Å²) in [6, 6.07) is 5.72. The van der Waals surface area contributed by atoms with Gasteiger partial charge in [-0.15, -0.1) is 0 Å². The molecule has 0 unspecified atom stereocenters. The summed E-state index contributed by atoms with van der Waals surface area (Å²) >= 11 is 0. The number of benzene rings is 1. The van der Waals surface area contributed by atoms with E-state index in [1.54, 1.807) is 13.2 Å². The molecule has 0 bridgehead atoms. The zero-order valence-electron chi connectivity index (χ0n) is 9.53. The average molecular weight is 219 g/mol. The first-order valence-electron chi connectivity index (χ1n) is 5.02. The van der Waals surface area contributed by atoms with Crippen LogP contribution >= 0.6 is 0 Å². The van der Waals surface area contributed by atoms with Crippen molar-refractivity contribution in [2.45, 2.75) is 26.1 Å². The first-order valence-corrected chi connectivity index (χ1v) is 5.02. The van der Waals surface area contributed by atoms with Crippen LogP contribution in [0.25, 0.3) is 0 Å². The van der Waals surface area contributed by atoms with Gasteiger partial charge in [0.05, 0.1) is 19.6 Å². The first-order chi connectivity index (χ1) is 7.57. The molecule has 0 N–H and O–H groups in total. The molecular weight excluding hydrogens is 206 g/mol. The molecule has 4 nitrogen and oxygen atoms in total. The standard InChI is InChI=1S/C12H13NO3/c1-12(2)15-10-8(6-7-13)4-5-9(14-3)11(10)16-12/h4-5H,6H2,1-3H3. The molecule has 0 aliphatic carbocycles. The predicted molar refractivity (Wildman–Crippen MR) is 57.6 cm³/mol. The third-order valence-corrected chi connectivity index (χ3v) is 2.34. The lowest BCUT2D eigenvalue weighted by molar-refractivity contribution is -0.0442. The van der Waals surface area contributed by atoms with E-state index in [-0.39, 0.29) is 0 Å². The zero-order valence-corrected chi connectivity index (χ0v) is 9.53. The summed E-state index contributed by atoms with van der Waals surface area (Å²) in [6.07, 6.45) is 0.297. The van der Waals surface area contributed by atoms with Gasteiger partial charge in [0, 0.05) is 19.4 Å². The Morgan fingerprint density at radius 3 is 2.62 bits per heavy atom. The quantitative estimate of drug-likeness (QED) is 0.765. The third kappa shape index (κ3) is 1.65. The Kier molecular flexibility index (Phi) is 2.39. The number of ether oxygens (including phenoxy) is 3. The number of hydrogen-bond acceptors (Lipinski definition) is 4. The monoisotopic (exact) mass is 219 g/mol. The van der Waals surface area contributed by atoms with Crippen molar-refractivity contribution in [3.63, 3.8) is 0 Å². The summed E-state index contributed by atoms with van der Waals surface area (Å²) in [5, 5.41) is 8.73. The van der Waals surface area contributed by atoms with E-state index in [0.29, 0.717) is 23.7 Å². The van der Waals surface area contributed by atoms with Crippen LogP contribution in [-0.2, 0) is 6.42 Å².